The summed E-state index contributed by atoms with van der Waals surface area (Å²) in [5.74, 6) is 0.557. The molecule has 21 heavy (non-hydrogen) atoms. The summed E-state index contributed by atoms with van der Waals surface area (Å²) in [6.45, 7) is 1.25. The molecule has 8 nitrogen and oxygen atoms in total. The number of rotatable bonds is 3. The zero-order valence-electron chi connectivity index (χ0n) is 11.9. The molecule has 0 aliphatic carbocycles. The molecule has 0 radical (unpaired) electrons. The topological polar surface area (TPSA) is 104 Å². The van der Waals surface area contributed by atoms with Crippen molar-refractivity contribution in [3.8, 4) is 0 Å². The highest BCUT2D eigenvalue weighted by molar-refractivity contribution is 7.90. The number of sulfone groups is 1. The smallest absolute Gasteiger partial charge is 0.407 e. The number of carbonyl (C=O) groups is 1. The molecule has 1 aliphatic heterocycles. The number of piperidine rings is 1. The Morgan fingerprint density at radius 1 is 1.43 bits per heavy atom. The van der Waals surface area contributed by atoms with Crippen LogP contribution in [0.5, 0.6) is 0 Å². The molecular formula is C12H18N4O4S. The lowest BCUT2D eigenvalue weighted by molar-refractivity contribution is 0.131. The van der Waals surface area contributed by atoms with Gasteiger partial charge < -0.3 is 14.9 Å². The van der Waals surface area contributed by atoms with Gasteiger partial charge in [0.25, 0.3) is 0 Å². The summed E-state index contributed by atoms with van der Waals surface area (Å²) in [5, 5.41) is 8.78. The van der Waals surface area contributed by atoms with Crippen molar-refractivity contribution in [3.05, 3.63) is 12.3 Å². The molecule has 2 heterocycles. The van der Waals surface area contributed by atoms with Gasteiger partial charge >= 0.3 is 6.09 Å². The van der Waals surface area contributed by atoms with Crippen LogP contribution in [0.25, 0.3) is 0 Å². The van der Waals surface area contributed by atoms with E-state index in [1.165, 1.54) is 11.1 Å². The number of nitrogens with zero attached hydrogens (tertiary/aromatic N) is 4. The van der Waals surface area contributed by atoms with E-state index in [2.05, 4.69) is 9.97 Å². The van der Waals surface area contributed by atoms with Crippen molar-refractivity contribution in [2.45, 2.75) is 24.0 Å². The molecule has 0 spiro atoms. The molecule has 1 amide bonds. The predicted octanol–water partition coefficient (Wildman–Crippen LogP) is 0.459. The van der Waals surface area contributed by atoms with Crippen molar-refractivity contribution in [2.24, 2.45) is 0 Å². The van der Waals surface area contributed by atoms with E-state index in [4.69, 9.17) is 5.11 Å². The number of hydrogen-bond acceptors (Lipinski definition) is 6. The molecule has 1 aromatic rings. The zero-order chi connectivity index (χ0) is 15.6. The summed E-state index contributed by atoms with van der Waals surface area (Å²) in [6, 6.07) is 1.64. The van der Waals surface area contributed by atoms with E-state index in [1.54, 1.807) is 13.1 Å². The van der Waals surface area contributed by atoms with Gasteiger partial charge in [0.05, 0.1) is 0 Å². The standard InChI is InChI=1S/C12H18N4O4S/c1-15(12(17)18)9-4-7-16(8-5-9)10-3-6-13-11(14-10)21(2,19)20/h3,6,9H,4-5,7-8H2,1-2H3,(H,17,18). The first-order valence-corrected chi connectivity index (χ1v) is 8.42. The molecule has 1 saturated heterocycles. The zero-order valence-corrected chi connectivity index (χ0v) is 12.7. The molecule has 0 aromatic carbocycles. The van der Waals surface area contributed by atoms with Gasteiger partial charge in [0.1, 0.15) is 5.82 Å². The van der Waals surface area contributed by atoms with Crippen LogP contribution >= 0.6 is 0 Å². The Kier molecular flexibility index (Phi) is 4.31. The minimum absolute atomic E-state index is 0.0186. The number of anilines is 1. The van der Waals surface area contributed by atoms with Crippen LogP contribution in [-0.2, 0) is 9.84 Å². The lowest BCUT2D eigenvalue weighted by atomic mass is 10.0. The normalized spacial score (nSPS) is 16.8. The number of hydrogen-bond donors (Lipinski definition) is 1. The van der Waals surface area contributed by atoms with Crippen LogP contribution in [0.15, 0.2) is 17.4 Å². The summed E-state index contributed by atoms with van der Waals surface area (Å²) in [6.07, 6.45) is 2.92. The maximum atomic E-state index is 11.5. The molecule has 0 atom stereocenters. The van der Waals surface area contributed by atoms with Gasteiger partial charge in [-0.05, 0) is 18.9 Å². The van der Waals surface area contributed by atoms with E-state index in [-0.39, 0.29) is 11.2 Å². The number of amides is 1. The Balaban J connectivity index is 2.08. The van der Waals surface area contributed by atoms with Gasteiger partial charge in [0.2, 0.25) is 15.0 Å². The number of aromatic nitrogens is 2. The summed E-state index contributed by atoms with van der Waals surface area (Å²) in [7, 11) is -1.87. The minimum Gasteiger partial charge on any atom is -0.465 e. The van der Waals surface area contributed by atoms with Crippen molar-refractivity contribution >= 4 is 21.7 Å². The molecule has 0 bridgehead atoms. The van der Waals surface area contributed by atoms with Crippen molar-refractivity contribution < 1.29 is 18.3 Å². The van der Waals surface area contributed by atoms with Crippen LogP contribution in [0.2, 0.25) is 0 Å². The first-order valence-electron chi connectivity index (χ1n) is 6.53. The van der Waals surface area contributed by atoms with Crippen molar-refractivity contribution in [1.29, 1.82) is 0 Å². The summed E-state index contributed by atoms with van der Waals surface area (Å²) >= 11 is 0. The third kappa shape index (κ3) is 3.60. The van der Waals surface area contributed by atoms with E-state index in [1.807, 2.05) is 4.90 Å². The van der Waals surface area contributed by atoms with E-state index in [0.29, 0.717) is 31.7 Å². The molecule has 9 heteroatoms. The largest absolute Gasteiger partial charge is 0.465 e. The van der Waals surface area contributed by atoms with Gasteiger partial charge in [-0.2, -0.15) is 0 Å². The Morgan fingerprint density at radius 2 is 2.05 bits per heavy atom. The summed E-state index contributed by atoms with van der Waals surface area (Å²) in [5.41, 5.74) is 0. The predicted molar refractivity (Wildman–Crippen MR) is 76.2 cm³/mol. The van der Waals surface area contributed by atoms with Gasteiger partial charge in [-0.1, -0.05) is 0 Å². The highest BCUT2D eigenvalue weighted by Gasteiger charge is 2.26. The monoisotopic (exact) mass is 314 g/mol. The molecule has 1 N–H and O–H groups in total. The SMILES string of the molecule is CN(C(=O)O)C1CCN(c2ccnc(S(C)(=O)=O)n2)CC1. The molecule has 1 aromatic heterocycles. The third-order valence-electron chi connectivity index (χ3n) is 3.59. The van der Waals surface area contributed by atoms with Gasteiger partial charge in [-0.25, -0.2) is 23.2 Å². The van der Waals surface area contributed by atoms with Crippen LogP contribution in [0, 0.1) is 0 Å². The van der Waals surface area contributed by atoms with Crippen LogP contribution in [0.4, 0.5) is 10.6 Å². The summed E-state index contributed by atoms with van der Waals surface area (Å²) < 4.78 is 22.9. The molecule has 0 unspecified atom stereocenters. The molecule has 1 fully saturated rings. The van der Waals surface area contributed by atoms with Gasteiger partial charge in [0.15, 0.2) is 0 Å². The van der Waals surface area contributed by atoms with Crippen LogP contribution < -0.4 is 4.90 Å². The van der Waals surface area contributed by atoms with Crippen molar-refractivity contribution in [3.63, 3.8) is 0 Å². The van der Waals surface area contributed by atoms with E-state index in [0.717, 1.165) is 6.26 Å². The van der Waals surface area contributed by atoms with Gasteiger partial charge in [-0.3, -0.25) is 0 Å². The maximum Gasteiger partial charge on any atom is 0.407 e. The average Bonchev–Trinajstić information content (AvgIpc) is 2.46. The molecule has 2 rings (SSSR count). The Bertz CT molecular complexity index is 626. The molecule has 1 aliphatic rings. The van der Waals surface area contributed by atoms with Crippen LogP contribution in [0.1, 0.15) is 12.8 Å². The highest BCUT2D eigenvalue weighted by Crippen LogP contribution is 2.21. The van der Waals surface area contributed by atoms with Gasteiger partial charge in [0, 0.05) is 38.6 Å². The second kappa shape index (κ2) is 5.84. The highest BCUT2D eigenvalue weighted by atomic mass is 32.2. The fourth-order valence-electron chi connectivity index (χ4n) is 2.33. The average molecular weight is 314 g/mol. The molecule has 0 saturated carbocycles. The maximum absolute atomic E-state index is 11.5. The number of carboxylic acid groups (broad SMARTS) is 1. The Hall–Kier alpha value is -1.90. The van der Waals surface area contributed by atoms with Crippen molar-refractivity contribution in [2.75, 3.05) is 31.3 Å². The second-order valence-electron chi connectivity index (χ2n) is 5.08. The Labute approximate surface area is 123 Å². The lowest BCUT2D eigenvalue weighted by Crippen LogP contribution is -2.45. The quantitative estimate of drug-likeness (QED) is 0.808. The molecule has 116 valence electrons. The van der Waals surface area contributed by atoms with E-state index in [9.17, 15) is 13.2 Å². The lowest BCUT2D eigenvalue weighted by Gasteiger charge is -2.36. The second-order valence-corrected chi connectivity index (χ2v) is 6.99. The van der Waals surface area contributed by atoms with E-state index >= 15 is 0 Å². The first kappa shape index (κ1) is 15.5. The fraction of sp³-hybridized carbons (Fsp3) is 0.583. The van der Waals surface area contributed by atoms with Crippen molar-refractivity contribution in [1.82, 2.24) is 14.9 Å². The molecular weight excluding hydrogens is 296 g/mol. The minimum atomic E-state index is -3.43. The van der Waals surface area contributed by atoms with Gasteiger partial charge in [-0.15, -0.1) is 0 Å². The first-order chi connectivity index (χ1) is 9.79. The van der Waals surface area contributed by atoms with Crippen LogP contribution in [0.3, 0.4) is 0 Å². The van der Waals surface area contributed by atoms with Crippen LogP contribution in [-0.4, -0.2) is 66.9 Å². The van der Waals surface area contributed by atoms with E-state index < -0.39 is 15.9 Å². The fourth-order valence-corrected chi connectivity index (χ4v) is 2.84. The Morgan fingerprint density at radius 3 is 2.57 bits per heavy atom. The summed E-state index contributed by atoms with van der Waals surface area (Å²) in [4.78, 5) is 22.0. The third-order valence-corrected chi connectivity index (χ3v) is 4.45.